The van der Waals surface area contributed by atoms with Gasteiger partial charge in [-0.1, -0.05) is 19.3 Å². The number of fused-ring (bicyclic) bond motifs is 1. The van der Waals surface area contributed by atoms with Crippen molar-refractivity contribution in [3.05, 3.63) is 0 Å². The monoisotopic (exact) mass is 210 g/mol. The number of hydrogen-bond acceptors (Lipinski definition) is 2. The van der Waals surface area contributed by atoms with Gasteiger partial charge in [0.2, 0.25) is 5.91 Å². The molecule has 1 heterocycles. The quantitative estimate of drug-likeness (QED) is 0.710. The van der Waals surface area contributed by atoms with Gasteiger partial charge in [-0.15, -0.1) is 0 Å². The molecule has 15 heavy (non-hydrogen) atoms. The Kier molecular flexibility index (Phi) is 3.29. The van der Waals surface area contributed by atoms with Crippen LogP contribution in [0.15, 0.2) is 0 Å². The second-order valence-corrected chi connectivity index (χ2v) is 5.17. The summed E-state index contributed by atoms with van der Waals surface area (Å²) in [5.41, 5.74) is 5.64. The standard InChI is InChI=1S/C12H22N2O/c1-9(13)12(15)14-7-6-10-4-2-3-5-11(10)8-14/h9-11H,2-8,13H2,1H3/t9-,10?,11?/m1/s1. The molecule has 1 saturated heterocycles. The predicted molar refractivity (Wildman–Crippen MR) is 60.3 cm³/mol. The Morgan fingerprint density at radius 1 is 1.27 bits per heavy atom. The molecule has 2 aliphatic rings. The van der Waals surface area contributed by atoms with Crippen LogP contribution in [0.2, 0.25) is 0 Å². The zero-order valence-corrected chi connectivity index (χ0v) is 9.61. The maximum Gasteiger partial charge on any atom is 0.239 e. The molecular weight excluding hydrogens is 188 g/mol. The number of likely N-dealkylation sites (tertiary alicyclic amines) is 1. The molecule has 0 spiro atoms. The summed E-state index contributed by atoms with van der Waals surface area (Å²) in [6.07, 6.45) is 6.63. The highest BCUT2D eigenvalue weighted by Crippen LogP contribution is 2.36. The fourth-order valence-electron chi connectivity index (χ4n) is 3.09. The zero-order valence-electron chi connectivity index (χ0n) is 9.61. The first kappa shape index (κ1) is 10.9. The van der Waals surface area contributed by atoms with Crippen LogP contribution in [0.3, 0.4) is 0 Å². The van der Waals surface area contributed by atoms with Crippen molar-refractivity contribution in [3.63, 3.8) is 0 Å². The molecule has 0 aromatic heterocycles. The van der Waals surface area contributed by atoms with Crippen LogP contribution in [-0.4, -0.2) is 29.9 Å². The Morgan fingerprint density at radius 3 is 2.60 bits per heavy atom. The highest BCUT2D eigenvalue weighted by atomic mass is 16.2. The summed E-state index contributed by atoms with van der Waals surface area (Å²) in [7, 11) is 0. The van der Waals surface area contributed by atoms with Gasteiger partial charge in [-0.3, -0.25) is 4.79 Å². The molecule has 0 aromatic rings. The molecule has 3 atom stereocenters. The first-order valence-corrected chi connectivity index (χ1v) is 6.23. The summed E-state index contributed by atoms with van der Waals surface area (Å²) in [4.78, 5) is 13.8. The van der Waals surface area contributed by atoms with Gasteiger partial charge in [-0.2, -0.15) is 0 Å². The van der Waals surface area contributed by atoms with E-state index in [9.17, 15) is 4.79 Å². The van der Waals surface area contributed by atoms with Crippen molar-refractivity contribution in [2.24, 2.45) is 17.6 Å². The van der Waals surface area contributed by atoms with Crippen molar-refractivity contribution in [2.45, 2.75) is 45.1 Å². The van der Waals surface area contributed by atoms with E-state index in [0.717, 1.165) is 24.9 Å². The van der Waals surface area contributed by atoms with E-state index in [1.807, 2.05) is 4.90 Å². The van der Waals surface area contributed by atoms with Crippen LogP contribution in [0, 0.1) is 11.8 Å². The van der Waals surface area contributed by atoms with Crippen molar-refractivity contribution in [1.29, 1.82) is 0 Å². The van der Waals surface area contributed by atoms with E-state index in [2.05, 4.69) is 0 Å². The van der Waals surface area contributed by atoms with E-state index < -0.39 is 0 Å². The molecule has 86 valence electrons. The van der Waals surface area contributed by atoms with Gasteiger partial charge in [-0.05, 0) is 31.6 Å². The highest BCUT2D eigenvalue weighted by Gasteiger charge is 2.33. The van der Waals surface area contributed by atoms with Gasteiger partial charge >= 0.3 is 0 Å². The Balaban J connectivity index is 1.93. The van der Waals surface area contributed by atoms with Crippen LogP contribution < -0.4 is 5.73 Å². The van der Waals surface area contributed by atoms with Crippen LogP contribution in [-0.2, 0) is 4.79 Å². The minimum Gasteiger partial charge on any atom is -0.341 e. The summed E-state index contributed by atoms with van der Waals surface area (Å²) in [6, 6.07) is -0.329. The normalized spacial score (nSPS) is 33.3. The summed E-state index contributed by atoms with van der Waals surface area (Å²) in [5.74, 6) is 1.78. The number of nitrogens with two attached hydrogens (primary N) is 1. The molecule has 1 aliphatic carbocycles. The minimum atomic E-state index is -0.329. The van der Waals surface area contributed by atoms with Gasteiger partial charge in [-0.25, -0.2) is 0 Å². The fraction of sp³-hybridized carbons (Fsp3) is 0.917. The SMILES string of the molecule is C[C@@H](N)C(=O)N1CCC2CCCCC2C1. The van der Waals surface area contributed by atoms with Crippen molar-refractivity contribution in [1.82, 2.24) is 4.90 Å². The van der Waals surface area contributed by atoms with Gasteiger partial charge in [0.05, 0.1) is 6.04 Å². The van der Waals surface area contributed by atoms with E-state index >= 15 is 0 Å². The summed E-state index contributed by atoms with van der Waals surface area (Å²) in [6.45, 7) is 3.68. The van der Waals surface area contributed by atoms with Crippen molar-refractivity contribution in [2.75, 3.05) is 13.1 Å². The molecule has 1 amide bonds. The van der Waals surface area contributed by atoms with E-state index in [1.54, 1.807) is 6.92 Å². The van der Waals surface area contributed by atoms with Crippen LogP contribution >= 0.6 is 0 Å². The lowest BCUT2D eigenvalue weighted by Crippen LogP contribution is -2.49. The Labute approximate surface area is 92.0 Å². The average molecular weight is 210 g/mol. The van der Waals surface area contributed by atoms with E-state index in [1.165, 1.54) is 32.1 Å². The van der Waals surface area contributed by atoms with Crippen LogP contribution in [0.4, 0.5) is 0 Å². The first-order valence-electron chi connectivity index (χ1n) is 6.23. The number of carbonyl (C=O) groups is 1. The van der Waals surface area contributed by atoms with E-state index in [0.29, 0.717) is 0 Å². The Morgan fingerprint density at radius 2 is 1.93 bits per heavy atom. The summed E-state index contributed by atoms with van der Waals surface area (Å²) in [5, 5.41) is 0. The molecule has 3 nitrogen and oxygen atoms in total. The average Bonchev–Trinajstić information content (AvgIpc) is 2.27. The number of piperidine rings is 1. The molecule has 0 aromatic carbocycles. The third kappa shape index (κ3) is 2.33. The molecule has 1 saturated carbocycles. The van der Waals surface area contributed by atoms with Crippen LogP contribution in [0.5, 0.6) is 0 Å². The number of amides is 1. The number of nitrogens with zero attached hydrogens (tertiary/aromatic N) is 1. The minimum absolute atomic E-state index is 0.138. The van der Waals surface area contributed by atoms with Gasteiger partial charge < -0.3 is 10.6 Å². The maximum atomic E-state index is 11.8. The second-order valence-electron chi connectivity index (χ2n) is 5.17. The fourth-order valence-corrected chi connectivity index (χ4v) is 3.09. The third-order valence-electron chi connectivity index (χ3n) is 3.99. The third-order valence-corrected chi connectivity index (χ3v) is 3.99. The zero-order chi connectivity index (χ0) is 10.8. The van der Waals surface area contributed by atoms with Gasteiger partial charge in [0.25, 0.3) is 0 Å². The smallest absolute Gasteiger partial charge is 0.239 e. The van der Waals surface area contributed by atoms with E-state index in [4.69, 9.17) is 5.73 Å². The van der Waals surface area contributed by atoms with Crippen molar-refractivity contribution in [3.8, 4) is 0 Å². The van der Waals surface area contributed by atoms with Crippen molar-refractivity contribution < 1.29 is 4.79 Å². The molecule has 2 N–H and O–H groups in total. The first-order chi connectivity index (χ1) is 7.18. The lowest BCUT2D eigenvalue weighted by atomic mass is 9.75. The molecule has 2 unspecified atom stereocenters. The van der Waals surface area contributed by atoms with Crippen molar-refractivity contribution >= 4 is 5.91 Å². The Bertz CT molecular complexity index is 240. The van der Waals surface area contributed by atoms with E-state index in [-0.39, 0.29) is 11.9 Å². The molecular formula is C12H22N2O. The number of carbonyl (C=O) groups excluding carboxylic acids is 1. The predicted octanol–water partition coefficient (Wildman–Crippen LogP) is 1.37. The Hall–Kier alpha value is -0.570. The molecule has 0 bridgehead atoms. The molecule has 2 fully saturated rings. The van der Waals surface area contributed by atoms with Gasteiger partial charge in [0.15, 0.2) is 0 Å². The molecule has 0 radical (unpaired) electrons. The number of rotatable bonds is 1. The summed E-state index contributed by atoms with van der Waals surface area (Å²) < 4.78 is 0. The van der Waals surface area contributed by atoms with Gasteiger partial charge in [0.1, 0.15) is 0 Å². The lowest BCUT2D eigenvalue weighted by Gasteiger charge is -2.41. The largest absolute Gasteiger partial charge is 0.341 e. The molecule has 3 heteroatoms. The maximum absolute atomic E-state index is 11.8. The molecule has 2 rings (SSSR count). The van der Waals surface area contributed by atoms with Gasteiger partial charge in [0, 0.05) is 13.1 Å². The highest BCUT2D eigenvalue weighted by molar-refractivity contribution is 5.81. The topological polar surface area (TPSA) is 46.3 Å². The van der Waals surface area contributed by atoms with Crippen LogP contribution in [0.25, 0.3) is 0 Å². The number of hydrogen-bond donors (Lipinski definition) is 1. The second kappa shape index (κ2) is 4.52. The summed E-state index contributed by atoms with van der Waals surface area (Å²) >= 11 is 0. The lowest BCUT2D eigenvalue weighted by molar-refractivity contribution is -0.135. The van der Waals surface area contributed by atoms with Crippen LogP contribution in [0.1, 0.15) is 39.0 Å². The molecule has 1 aliphatic heterocycles.